The van der Waals surface area contributed by atoms with Crippen LogP contribution in [0.4, 0.5) is 10.5 Å². The molecule has 2 amide bonds. The van der Waals surface area contributed by atoms with Crippen LogP contribution >= 0.6 is 11.6 Å². The van der Waals surface area contributed by atoms with Gasteiger partial charge >= 0.3 is 6.03 Å². The quantitative estimate of drug-likeness (QED) is 0.785. The highest BCUT2D eigenvalue weighted by atomic mass is 35.5. The van der Waals surface area contributed by atoms with E-state index in [1.54, 1.807) is 16.4 Å². The summed E-state index contributed by atoms with van der Waals surface area (Å²) < 4.78 is 17.5. The maximum Gasteiger partial charge on any atom is 0.347 e. The van der Waals surface area contributed by atoms with Crippen LogP contribution in [0.5, 0.6) is 0 Å². The summed E-state index contributed by atoms with van der Waals surface area (Å²) in [6.07, 6.45) is 2.20. The molecule has 0 aromatic carbocycles. The average molecular weight is 275 g/mol. The highest BCUT2D eigenvalue weighted by molar-refractivity contribution is 7.95. The molecule has 17 heavy (non-hydrogen) atoms. The molecule has 6 nitrogen and oxygen atoms in total. The van der Waals surface area contributed by atoms with Crippen LogP contribution in [0, 0.1) is 0 Å². The van der Waals surface area contributed by atoms with Gasteiger partial charge in [-0.05, 0) is 18.6 Å². The zero-order chi connectivity index (χ0) is 12.5. The van der Waals surface area contributed by atoms with Crippen molar-refractivity contribution < 1.29 is 9.00 Å². The van der Waals surface area contributed by atoms with Gasteiger partial charge < -0.3 is 5.73 Å². The van der Waals surface area contributed by atoms with Gasteiger partial charge in [0.15, 0.2) is 0 Å². The second-order valence-corrected chi connectivity index (χ2v) is 6.17. The lowest BCUT2D eigenvalue weighted by Crippen LogP contribution is -2.27. The van der Waals surface area contributed by atoms with Crippen LogP contribution in [0.3, 0.4) is 0 Å². The topological polar surface area (TPSA) is 88.7 Å². The molecule has 2 rings (SSSR count). The van der Waals surface area contributed by atoms with Crippen molar-refractivity contribution in [1.29, 1.82) is 0 Å². The fourth-order valence-electron chi connectivity index (χ4n) is 1.69. The molecular weight excluding hydrogens is 264 g/mol. The van der Waals surface area contributed by atoms with E-state index >= 15 is 0 Å². The summed E-state index contributed by atoms with van der Waals surface area (Å²) >= 11 is 5.68. The van der Waals surface area contributed by atoms with Crippen LogP contribution in [0.25, 0.3) is 0 Å². The second-order valence-electron chi connectivity index (χ2n) is 3.54. The molecule has 1 aliphatic heterocycles. The molecule has 2 heterocycles. The number of nitrogens with zero attached hydrogens (tertiary/aromatic N) is 3. The lowest BCUT2D eigenvalue weighted by Gasteiger charge is -2.19. The van der Waals surface area contributed by atoms with E-state index in [0.717, 1.165) is 0 Å². The van der Waals surface area contributed by atoms with E-state index in [9.17, 15) is 9.00 Å². The molecule has 0 spiro atoms. The molecule has 1 atom stereocenters. The van der Waals surface area contributed by atoms with Crippen LogP contribution in [0.2, 0.25) is 5.15 Å². The number of urea groups is 1. The predicted molar refractivity (Wildman–Crippen MR) is 66.2 cm³/mol. The van der Waals surface area contributed by atoms with E-state index in [1.807, 2.05) is 0 Å². The smallest absolute Gasteiger partial charge is 0.347 e. The molecule has 1 aliphatic rings. The predicted octanol–water partition coefficient (Wildman–Crippen LogP) is 1.41. The Kier molecular flexibility index (Phi) is 3.21. The number of anilines is 1. The third-order valence-electron chi connectivity index (χ3n) is 2.35. The van der Waals surface area contributed by atoms with Gasteiger partial charge in [0.25, 0.3) is 0 Å². The number of amides is 2. The zero-order valence-electron chi connectivity index (χ0n) is 8.88. The van der Waals surface area contributed by atoms with Gasteiger partial charge in [-0.15, -0.1) is 4.36 Å². The number of nitrogens with two attached hydrogens (primary N) is 1. The van der Waals surface area contributed by atoms with Crippen molar-refractivity contribution in [3.05, 3.63) is 23.5 Å². The van der Waals surface area contributed by atoms with Crippen LogP contribution < -0.4 is 10.0 Å². The number of pyridine rings is 1. The number of aromatic nitrogens is 1. The van der Waals surface area contributed by atoms with Crippen molar-refractivity contribution in [3.8, 4) is 0 Å². The summed E-state index contributed by atoms with van der Waals surface area (Å²) in [6.45, 7) is 0.554. The Morgan fingerprint density at radius 2 is 2.35 bits per heavy atom. The fraction of sp³-hybridized carbons (Fsp3) is 0.333. The molecule has 2 N–H and O–H groups in total. The van der Waals surface area contributed by atoms with E-state index in [1.165, 1.54) is 6.20 Å². The minimum atomic E-state index is -2.76. The monoisotopic (exact) mass is 274 g/mol. The third-order valence-corrected chi connectivity index (χ3v) is 4.94. The summed E-state index contributed by atoms with van der Waals surface area (Å²) in [5, 5.41) is 0.353. The molecule has 1 unspecified atom stereocenters. The van der Waals surface area contributed by atoms with Gasteiger partial charge in [-0.3, -0.25) is 4.31 Å². The minimum Gasteiger partial charge on any atom is -0.349 e. The Balaban J connectivity index is 2.42. The molecule has 1 saturated heterocycles. The van der Waals surface area contributed by atoms with Crippen LogP contribution in [-0.2, 0) is 9.92 Å². The molecular formula is C9H11ClN4O2S. The summed E-state index contributed by atoms with van der Waals surface area (Å²) in [4.78, 5) is 14.7. The van der Waals surface area contributed by atoms with Crippen molar-refractivity contribution in [3.63, 3.8) is 0 Å². The molecule has 0 radical (unpaired) electrons. The number of carbonyl (C=O) groups excluding carboxylic acids is 1. The molecule has 1 fully saturated rings. The van der Waals surface area contributed by atoms with Gasteiger partial charge in [-0.25, -0.2) is 14.0 Å². The van der Waals surface area contributed by atoms with E-state index < -0.39 is 15.9 Å². The second kappa shape index (κ2) is 4.50. The lowest BCUT2D eigenvalue weighted by atomic mass is 10.4. The molecule has 1 aromatic rings. The molecule has 0 bridgehead atoms. The van der Waals surface area contributed by atoms with Crippen molar-refractivity contribution >= 4 is 33.2 Å². The fourth-order valence-corrected chi connectivity index (χ4v) is 3.85. The third kappa shape index (κ3) is 2.50. The van der Waals surface area contributed by atoms with Crippen molar-refractivity contribution in [1.82, 2.24) is 4.98 Å². The first-order chi connectivity index (χ1) is 8.01. The van der Waals surface area contributed by atoms with Gasteiger partial charge in [0, 0.05) is 6.54 Å². The van der Waals surface area contributed by atoms with Gasteiger partial charge in [-0.2, -0.15) is 0 Å². The maximum absolute atomic E-state index is 12.4. The number of rotatable bonds is 1. The first-order valence-electron chi connectivity index (χ1n) is 4.95. The van der Waals surface area contributed by atoms with Gasteiger partial charge in [0.1, 0.15) is 15.1 Å². The van der Waals surface area contributed by atoms with Crippen LogP contribution in [0.15, 0.2) is 22.7 Å². The Labute approximate surface area is 104 Å². The van der Waals surface area contributed by atoms with Gasteiger partial charge in [0.2, 0.25) is 0 Å². The standard InChI is InChI=1S/C9H11ClN4O2S/c10-8-3-2-7(6-12-8)14-4-1-5-17(14,16)13-9(11)15/h2-3,6H,1,4-5H2,(H2,11,15). The van der Waals surface area contributed by atoms with E-state index in [4.69, 9.17) is 17.3 Å². The Bertz CT molecular complexity index is 551. The first kappa shape index (κ1) is 12.1. The van der Waals surface area contributed by atoms with Gasteiger partial charge in [0.05, 0.1) is 17.6 Å². The number of primary amides is 1. The Morgan fingerprint density at radius 1 is 1.59 bits per heavy atom. The Morgan fingerprint density at radius 3 is 2.94 bits per heavy atom. The average Bonchev–Trinajstić information content (AvgIpc) is 2.60. The number of hydrogen-bond donors (Lipinski definition) is 1. The highest BCUT2D eigenvalue weighted by Crippen LogP contribution is 2.25. The SMILES string of the molecule is NC(=O)N=S1(=O)CCCN1c1ccc(Cl)nc1. The maximum atomic E-state index is 12.4. The molecule has 92 valence electrons. The van der Waals surface area contributed by atoms with E-state index in [-0.39, 0.29) is 0 Å². The molecule has 0 saturated carbocycles. The summed E-state index contributed by atoms with van der Waals surface area (Å²) in [6, 6.07) is 2.37. The number of carbonyl (C=O) groups is 1. The van der Waals surface area contributed by atoms with Crippen molar-refractivity contribution in [2.24, 2.45) is 10.1 Å². The number of hydrogen-bond acceptors (Lipinski definition) is 3. The summed E-state index contributed by atoms with van der Waals surface area (Å²) in [5.74, 6) is 0.332. The van der Waals surface area contributed by atoms with Crippen LogP contribution in [0.1, 0.15) is 6.42 Å². The molecule has 8 heteroatoms. The van der Waals surface area contributed by atoms with Crippen molar-refractivity contribution in [2.45, 2.75) is 6.42 Å². The van der Waals surface area contributed by atoms with Crippen LogP contribution in [-0.4, -0.2) is 27.5 Å². The summed E-state index contributed by atoms with van der Waals surface area (Å²) in [5.41, 5.74) is 5.60. The minimum absolute atomic E-state index is 0.332. The number of halogens is 1. The largest absolute Gasteiger partial charge is 0.349 e. The van der Waals surface area contributed by atoms with Gasteiger partial charge in [-0.1, -0.05) is 11.6 Å². The highest BCUT2D eigenvalue weighted by Gasteiger charge is 2.28. The molecule has 1 aromatic heterocycles. The zero-order valence-corrected chi connectivity index (χ0v) is 10.4. The lowest BCUT2D eigenvalue weighted by molar-refractivity contribution is 0.257. The molecule has 0 aliphatic carbocycles. The van der Waals surface area contributed by atoms with E-state index in [2.05, 4.69) is 9.35 Å². The van der Waals surface area contributed by atoms with Crippen molar-refractivity contribution in [2.75, 3.05) is 16.6 Å². The summed E-state index contributed by atoms with van der Waals surface area (Å²) in [7, 11) is -2.76. The first-order valence-corrected chi connectivity index (χ1v) is 6.97. The normalized spacial score (nSPS) is 23.7. The van der Waals surface area contributed by atoms with E-state index in [0.29, 0.717) is 29.6 Å². The Hall–Kier alpha value is -1.34.